The predicted octanol–water partition coefficient (Wildman–Crippen LogP) is 3.86. The fourth-order valence-electron chi connectivity index (χ4n) is 2.44. The van der Waals surface area contributed by atoms with Crippen LogP contribution in [0.25, 0.3) is 0 Å². The molecule has 0 saturated carbocycles. The van der Waals surface area contributed by atoms with E-state index < -0.39 is 0 Å². The number of hydrogen-bond donors (Lipinski definition) is 0. The SMILES string of the molecule is COc1ccccc1CC(C#N)c1cc(C)ccc1OC. The van der Waals surface area contributed by atoms with Gasteiger partial charge in [-0.15, -0.1) is 0 Å². The van der Waals surface area contributed by atoms with Crippen LogP contribution in [0.3, 0.4) is 0 Å². The normalized spacial score (nSPS) is 11.5. The largest absolute Gasteiger partial charge is 0.496 e. The molecule has 3 nitrogen and oxygen atoms in total. The molecule has 2 aromatic carbocycles. The zero-order chi connectivity index (χ0) is 15.2. The lowest BCUT2D eigenvalue weighted by molar-refractivity contribution is 0.404. The maximum Gasteiger partial charge on any atom is 0.123 e. The Morgan fingerprint density at radius 1 is 1.05 bits per heavy atom. The standard InChI is InChI=1S/C18H19NO2/c1-13-8-9-18(21-3)16(10-13)15(12-19)11-14-6-4-5-7-17(14)20-2/h4-10,15H,11H2,1-3H3. The van der Waals surface area contributed by atoms with Gasteiger partial charge in [0.25, 0.3) is 0 Å². The number of rotatable bonds is 5. The highest BCUT2D eigenvalue weighted by molar-refractivity contribution is 5.44. The summed E-state index contributed by atoms with van der Waals surface area (Å²) in [5.41, 5.74) is 3.06. The van der Waals surface area contributed by atoms with Gasteiger partial charge in [-0.1, -0.05) is 35.9 Å². The van der Waals surface area contributed by atoms with Crippen molar-refractivity contribution in [3.05, 3.63) is 59.2 Å². The average molecular weight is 281 g/mol. The van der Waals surface area contributed by atoms with E-state index in [1.54, 1.807) is 14.2 Å². The highest BCUT2D eigenvalue weighted by Gasteiger charge is 2.18. The van der Waals surface area contributed by atoms with Crippen molar-refractivity contribution in [2.75, 3.05) is 14.2 Å². The number of aryl methyl sites for hydroxylation is 1. The van der Waals surface area contributed by atoms with Gasteiger partial charge in [0.1, 0.15) is 11.5 Å². The van der Waals surface area contributed by atoms with E-state index in [2.05, 4.69) is 6.07 Å². The first-order chi connectivity index (χ1) is 10.2. The summed E-state index contributed by atoms with van der Waals surface area (Å²) in [6.45, 7) is 2.01. The molecule has 0 amide bonds. The van der Waals surface area contributed by atoms with Crippen molar-refractivity contribution in [3.63, 3.8) is 0 Å². The van der Waals surface area contributed by atoms with Crippen LogP contribution in [0.5, 0.6) is 11.5 Å². The lowest BCUT2D eigenvalue weighted by Crippen LogP contribution is -2.04. The molecule has 21 heavy (non-hydrogen) atoms. The Hall–Kier alpha value is -2.47. The van der Waals surface area contributed by atoms with E-state index >= 15 is 0 Å². The van der Waals surface area contributed by atoms with Crippen molar-refractivity contribution in [1.82, 2.24) is 0 Å². The summed E-state index contributed by atoms with van der Waals surface area (Å²) >= 11 is 0. The smallest absolute Gasteiger partial charge is 0.123 e. The molecule has 0 spiro atoms. The molecule has 1 atom stereocenters. The minimum Gasteiger partial charge on any atom is -0.496 e. The fraction of sp³-hybridized carbons (Fsp3) is 0.278. The van der Waals surface area contributed by atoms with E-state index in [0.29, 0.717) is 6.42 Å². The number of methoxy groups -OCH3 is 2. The Balaban J connectivity index is 2.37. The minimum atomic E-state index is -0.267. The molecule has 0 aliphatic heterocycles. The van der Waals surface area contributed by atoms with Crippen LogP contribution in [0.15, 0.2) is 42.5 Å². The molecule has 0 aliphatic carbocycles. The van der Waals surface area contributed by atoms with Crippen LogP contribution in [0, 0.1) is 18.3 Å². The number of nitrogens with zero attached hydrogens (tertiary/aromatic N) is 1. The summed E-state index contributed by atoms with van der Waals surface area (Å²) in [6.07, 6.45) is 0.598. The highest BCUT2D eigenvalue weighted by Crippen LogP contribution is 2.32. The van der Waals surface area contributed by atoms with Gasteiger partial charge in [0.05, 0.1) is 26.2 Å². The Kier molecular flexibility index (Phi) is 4.84. The number of hydrogen-bond acceptors (Lipinski definition) is 3. The van der Waals surface area contributed by atoms with Crippen LogP contribution >= 0.6 is 0 Å². The van der Waals surface area contributed by atoms with Crippen LogP contribution in [-0.2, 0) is 6.42 Å². The molecule has 3 heteroatoms. The Bertz CT molecular complexity index is 659. The van der Waals surface area contributed by atoms with Gasteiger partial charge in [0.2, 0.25) is 0 Å². The van der Waals surface area contributed by atoms with Gasteiger partial charge >= 0.3 is 0 Å². The van der Waals surface area contributed by atoms with Gasteiger partial charge in [-0.05, 0) is 31.0 Å². The summed E-state index contributed by atoms with van der Waals surface area (Å²) in [5, 5.41) is 9.57. The molecule has 0 radical (unpaired) electrons. The molecular formula is C18H19NO2. The summed E-state index contributed by atoms with van der Waals surface area (Å²) in [7, 11) is 3.28. The zero-order valence-corrected chi connectivity index (χ0v) is 12.6. The summed E-state index contributed by atoms with van der Waals surface area (Å²) in [5.74, 6) is 1.29. The number of ether oxygens (including phenoxy) is 2. The molecule has 0 N–H and O–H groups in total. The molecule has 0 aromatic heterocycles. The van der Waals surface area contributed by atoms with E-state index in [1.807, 2.05) is 49.4 Å². The van der Waals surface area contributed by atoms with Crippen LogP contribution in [0.4, 0.5) is 0 Å². The second kappa shape index (κ2) is 6.81. The lowest BCUT2D eigenvalue weighted by atomic mass is 9.91. The molecule has 1 unspecified atom stereocenters. The van der Waals surface area contributed by atoms with Crippen molar-refractivity contribution >= 4 is 0 Å². The zero-order valence-electron chi connectivity index (χ0n) is 12.6. The fourth-order valence-corrected chi connectivity index (χ4v) is 2.44. The average Bonchev–Trinajstić information content (AvgIpc) is 2.53. The number of benzene rings is 2. The summed E-state index contributed by atoms with van der Waals surface area (Å²) in [4.78, 5) is 0. The van der Waals surface area contributed by atoms with Gasteiger partial charge < -0.3 is 9.47 Å². The molecule has 0 aliphatic rings. The number of nitriles is 1. The lowest BCUT2D eigenvalue weighted by Gasteiger charge is -2.16. The molecule has 108 valence electrons. The van der Waals surface area contributed by atoms with Gasteiger partial charge in [-0.3, -0.25) is 0 Å². The first-order valence-electron chi connectivity index (χ1n) is 6.85. The Morgan fingerprint density at radius 3 is 2.43 bits per heavy atom. The molecule has 2 rings (SSSR count). The molecular weight excluding hydrogens is 262 g/mol. The van der Waals surface area contributed by atoms with Crippen molar-refractivity contribution in [1.29, 1.82) is 5.26 Å². The van der Waals surface area contributed by atoms with E-state index in [4.69, 9.17) is 9.47 Å². The van der Waals surface area contributed by atoms with Gasteiger partial charge in [-0.2, -0.15) is 5.26 Å². The van der Waals surface area contributed by atoms with Crippen LogP contribution < -0.4 is 9.47 Å². The highest BCUT2D eigenvalue weighted by atomic mass is 16.5. The van der Waals surface area contributed by atoms with E-state index in [0.717, 1.165) is 28.2 Å². The predicted molar refractivity (Wildman–Crippen MR) is 82.8 cm³/mol. The Labute approximate surface area is 125 Å². The summed E-state index contributed by atoms with van der Waals surface area (Å²) < 4.78 is 10.8. The van der Waals surface area contributed by atoms with Crippen LogP contribution in [0.2, 0.25) is 0 Å². The second-order valence-electron chi connectivity index (χ2n) is 4.94. The van der Waals surface area contributed by atoms with Crippen LogP contribution in [0.1, 0.15) is 22.6 Å². The topological polar surface area (TPSA) is 42.2 Å². The molecule has 2 aromatic rings. The minimum absolute atomic E-state index is 0.267. The van der Waals surface area contributed by atoms with Gasteiger partial charge in [-0.25, -0.2) is 0 Å². The quantitative estimate of drug-likeness (QED) is 0.835. The van der Waals surface area contributed by atoms with Gasteiger partial charge in [0, 0.05) is 5.56 Å². The third kappa shape index (κ3) is 3.35. The number of para-hydroxylation sites is 1. The van der Waals surface area contributed by atoms with Crippen molar-refractivity contribution in [2.24, 2.45) is 0 Å². The molecule has 0 saturated heterocycles. The maximum atomic E-state index is 9.57. The van der Waals surface area contributed by atoms with Gasteiger partial charge in [0.15, 0.2) is 0 Å². The van der Waals surface area contributed by atoms with E-state index in [-0.39, 0.29) is 5.92 Å². The first-order valence-corrected chi connectivity index (χ1v) is 6.85. The summed E-state index contributed by atoms with van der Waals surface area (Å²) in [6, 6.07) is 16.1. The molecule has 0 heterocycles. The van der Waals surface area contributed by atoms with E-state index in [1.165, 1.54) is 0 Å². The maximum absolute atomic E-state index is 9.57. The van der Waals surface area contributed by atoms with Crippen molar-refractivity contribution in [2.45, 2.75) is 19.3 Å². The second-order valence-corrected chi connectivity index (χ2v) is 4.94. The monoisotopic (exact) mass is 281 g/mol. The van der Waals surface area contributed by atoms with Crippen LogP contribution in [-0.4, -0.2) is 14.2 Å². The van der Waals surface area contributed by atoms with Crippen molar-refractivity contribution in [3.8, 4) is 17.6 Å². The third-order valence-electron chi connectivity index (χ3n) is 3.53. The van der Waals surface area contributed by atoms with Crippen molar-refractivity contribution < 1.29 is 9.47 Å². The van der Waals surface area contributed by atoms with E-state index in [9.17, 15) is 5.26 Å². The first kappa shape index (κ1) is 14.9. The molecule has 0 bridgehead atoms. The Morgan fingerprint density at radius 2 is 1.76 bits per heavy atom. The third-order valence-corrected chi connectivity index (χ3v) is 3.53. The molecule has 0 fully saturated rings.